The Morgan fingerprint density at radius 1 is 1.36 bits per heavy atom. The molecule has 14 heavy (non-hydrogen) atoms. The van der Waals surface area contributed by atoms with E-state index in [0.29, 0.717) is 5.82 Å². The van der Waals surface area contributed by atoms with Crippen LogP contribution in [-0.2, 0) is 13.5 Å². The third kappa shape index (κ3) is 1.74. The maximum Gasteiger partial charge on any atom is 0.123 e. The molecule has 0 unspecified atom stereocenters. The van der Waals surface area contributed by atoms with Crippen LogP contribution in [0.4, 0.5) is 5.82 Å². The number of hydrogen-bond donors (Lipinski definition) is 1. The van der Waals surface area contributed by atoms with Crippen molar-refractivity contribution in [2.45, 2.75) is 6.42 Å². The highest BCUT2D eigenvalue weighted by molar-refractivity contribution is 5.33. The second kappa shape index (κ2) is 3.49. The van der Waals surface area contributed by atoms with Crippen LogP contribution in [0.2, 0.25) is 0 Å². The molecule has 2 rings (SSSR count). The van der Waals surface area contributed by atoms with Crippen molar-refractivity contribution < 1.29 is 0 Å². The van der Waals surface area contributed by atoms with E-state index >= 15 is 0 Å². The number of anilines is 1. The molecule has 0 aliphatic carbocycles. The zero-order chi connectivity index (χ0) is 9.97. The standard InChI is InChI=1S/C10H12N4/c1-14-9(3-5-13-14)6-8-2-4-12-10(11)7-8/h2-5,7H,6H2,1H3,(H2,11,12). The van der Waals surface area contributed by atoms with Gasteiger partial charge in [-0.1, -0.05) is 0 Å². The van der Waals surface area contributed by atoms with E-state index in [9.17, 15) is 0 Å². The van der Waals surface area contributed by atoms with Crippen molar-refractivity contribution in [2.75, 3.05) is 5.73 Å². The van der Waals surface area contributed by atoms with Crippen LogP contribution in [0.5, 0.6) is 0 Å². The first kappa shape index (κ1) is 8.74. The van der Waals surface area contributed by atoms with Gasteiger partial charge in [-0.05, 0) is 23.8 Å². The molecule has 0 spiro atoms. The summed E-state index contributed by atoms with van der Waals surface area (Å²) >= 11 is 0. The molecule has 0 radical (unpaired) electrons. The summed E-state index contributed by atoms with van der Waals surface area (Å²) in [6, 6.07) is 5.84. The largest absolute Gasteiger partial charge is 0.384 e. The molecule has 2 aromatic heterocycles. The number of aryl methyl sites for hydroxylation is 1. The highest BCUT2D eigenvalue weighted by Gasteiger charge is 2.00. The lowest BCUT2D eigenvalue weighted by atomic mass is 10.1. The van der Waals surface area contributed by atoms with Crippen LogP contribution in [0.3, 0.4) is 0 Å². The molecule has 2 aromatic rings. The molecular formula is C10H12N4. The fraction of sp³-hybridized carbons (Fsp3) is 0.200. The SMILES string of the molecule is Cn1nccc1Cc1ccnc(N)c1. The Hall–Kier alpha value is -1.84. The average molecular weight is 188 g/mol. The van der Waals surface area contributed by atoms with Crippen molar-refractivity contribution in [1.29, 1.82) is 0 Å². The van der Waals surface area contributed by atoms with Gasteiger partial charge in [0.2, 0.25) is 0 Å². The number of nitrogens with zero attached hydrogens (tertiary/aromatic N) is 3. The maximum atomic E-state index is 5.59. The third-order valence-corrected chi connectivity index (χ3v) is 2.15. The molecule has 0 atom stereocenters. The van der Waals surface area contributed by atoms with Gasteiger partial charge >= 0.3 is 0 Å². The molecule has 0 aliphatic rings. The summed E-state index contributed by atoms with van der Waals surface area (Å²) in [5.74, 6) is 0.560. The molecule has 0 bridgehead atoms. The molecule has 2 heterocycles. The molecular weight excluding hydrogens is 176 g/mol. The highest BCUT2D eigenvalue weighted by atomic mass is 15.2. The minimum atomic E-state index is 0.560. The Balaban J connectivity index is 2.23. The summed E-state index contributed by atoms with van der Waals surface area (Å²) in [6.07, 6.45) is 4.35. The molecule has 4 heteroatoms. The number of nitrogen functional groups attached to an aromatic ring is 1. The van der Waals surface area contributed by atoms with E-state index in [1.807, 2.05) is 29.9 Å². The Morgan fingerprint density at radius 2 is 2.21 bits per heavy atom. The zero-order valence-electron chi connectivity index (χ0n) is 8.01. The first-order valence-corrected chi connectivity index (χ1v) is 4.43. The van der Waals surface area contributed by atoms with Gasteiger partial charge in [0, 0.05) is 31.6 Å². The van der Waals surface area contributed by atoms with E-state index in [0.717, 1.165) is 17.7 Å². The Kier molecular flexibility index (Phi) is 2.18. The number of pyridine rings is 1. The summed E-state index contributed by atoms with van der Waals surface area (Å²) < 4.78 is 1.86. The van der Waals surface area contributed by atoms with Crippen LogP contribution in [0.1, 0.15) is 11.3 Å². The van der Waals surface area contributed by atoms with Crippen molar-refractivity contribution >= 4 is 5.82 Å². The first-order valence-electron chi connectivity index (χ1n) is 4.43. The van der Waals surface area contributed by atoms with Crippen LogP contribution >= 0.6 is 0 Å². The summed E-state index contributed by atoms with van der Waals surface area (Å²) in [5.41, 5.74) is 7.91. The minimum Gasteiger partial charge on any atom is -0.384 e. The molecule has 4 nitrogen and oxygen atoms in total. The third-order valence-electron chi connectivity index (χ3n) is 2.15. The first-order chi connectivity index (χ1) is 6.75. The minimum absolute atomic E-state index is 0.560. The van der Waals surface area contributed by atoms with E-state index in [1.54, 1.807) is 12.4 Å². The number of hydrogen-bond acceptors (Lipinski definition) is 3. The second-order valence-electron chi connectivity index (χ2n) is 3.21. The maximum absolute atomic E-state index is 5.59. The molecule has 2 N–H and O–H groups in total. The van der Waals surface area contributed by atoms with Crippen molar-refractivity contribution in [1.82, 2.24) is 14.8 Å². The Labute approximate surface area is 82.4 Å². The fourth-order valence-corrected chi connectivity index (χ4v) is 1.39. The van der Waals surface area contributed by atoms with Gasteiger partial charge in [-0.2, -0.15) is 5.10 Å². The lowest BCUT2D eigenvalue weighted by Gasteiger charge is -2.02. The van der Waals surface area contributed by atoms with Crippen LogP contribution < -0.4 is 5.73 Å². The zero-order valence-corrected chi connectivity index (χ0v) is 8.01. The monoisotopic (exact) mass is 188 g/mol. The normalized spacial score (nSPS) is 10.4. The van der Waals surface area contributed by atoms with E-state index in [4.69, 9.17) is 5.73 Å². The Bertz CT molecular complexity index is 433. The van der Waals surface area contributed by atoms with Crippen molar-refractivity contribution in [2.24, 2.45) is 7.05 Å². The van der Waals surface area contributed by atoms with Gasteiger partial charge in [0.1, 0.15) is 5.82 Å². The molecule has 0 aliphatic heterocycles. The van der Waals surface area contributed by atoms with E-state index in [-0.39, 0.29) is 0 Å². The lowest BCUT2D eigenvalue weighted by molar-refractivity contribution is 0.724. The summed E-state index contributed by atoms with van der Waals surface area (Å²) in [7, 11) is 1.93. The average Bonchev–Trinajstić information content (AvgIpc) is 2.52. The van der Waals surface area contributed by atoms with Crippen LogP contribution in [-0.4, -0.2) is 14.8 Å². The van der Waals surface area contributed by atoms with Gasteiger partial charge in [-0.3, -0.25) is 4.68 Å². The molecule has 0 amide bonds. The lowest BCUT2D eigenvalue weighted by Crippen LogP contribution is -2.00. The van der Waals surface area contributed by atoms with Crippen LogP contribution in [0.15, 0.2) is 30.6 Å². The summed E-state index contributed by atoms with van der Waals surface area (Å²) in [6.45, 7) is 0. The van der Waals surface area contributed by atoms with Crippen LogP contribution in [0.25, 0.3) is 0 Å². The molecule has 0 aromatic carbocycles. The van der Waals surface area contributed by atoms with Gasteiger partial charge in [0.25, 0.3) is 0 Å². The van der Waals surface area contributed by atoms with Crippen molar-refractivity contribution in [3.8, 4) is 0 Å². The van der Waals surface area contributed by atoms with E-state index in [2.05, 4.69) is 10.1 Å². The van der Waals surface area contributed by atoms with Gasteiger partial charge in [-0.15, -0.1) is 0 Å². The van der Waals surface area contributed by atoms with Crippen molar-refractivity contribution in [3.63, 3.8) is 0 Å². The van der Waals surface area contributed by atoms with Crippen LogP contribution in [0, 0.1) is 0 Å². The van der Waals surface area contributed by atoms with E-state index in [1.165, 1.54) is 0 Å². The predicted molar refractivity (Wildman–Crippen MR) is 54.7 cm³/mol. The van der Waals surface area contributed by atoms with Gasteiger partial charge in [0.05, 0.1) is 0 Å². The Morgan fingerprint density at radius 3 is 2.86 bits per heavy atom. The molecule has 0 saturated carbocycles. The second-order valence-corrected chi connectivity index (χ2v) is 3.21. The topological polar surface area (TPSA) is 56.7 Å². The number of nitrogens with two attached hydrogens (primary N) is 1. The predicted octanol–water partition coefficient (Wildman–Crippen LogP) is 0.988. The van der Waals surface area contributed by atoms with Gasteiger partial charge in [0.15, 0.2) is 0 Å². The summed E-state index contributed by atoms with van der Waals surface area (Å²) in [5, 5.41) is 4.11. The fourth-order valence-electron chi connectivity index (χ4n) is 1.39. The number of aromatic nitrogens is 3. The van der Waals surface area contributed by atoms with Crippen molar-refractivity contribution in [3.05, 3.63) is 41.9 Å². The van der Waals surface area contributed by atoms with E-state index < -0.39 is 0 Å². The molecule has 72 valence electrons. The van der Waals surface area contributed by atoms with Gasteiger partial charge in [-0.25, -0.2) is 4.98 Å². The molecule has 0 saturated heterocycles. The number of rotatable bonds is 2. The molecule has 0 fully saturated rings. The summed E-state index contributed by atoms with van der Waals surface area (Å²) in [4.78, 5) is 3.95. The van der Waals surface area contributed by atoms with Gasteiger partial charge < -0.3 is 5.73 Å². The highest BCUT2D eigenvalue weighted by Crippen LogP contribution is 2.09. The quantitative estimate of drug-likeness (QED) is 0.764. The smallest absolute Gasteiger partial charge is 0.123 e.